The first-order valence-electron chi connectivity index (χ1n) is 10.3. The Labute approximate surface area is 176 Å². The number of piperidine rings is 1. The zero-order valence-corrected chi connectivity index (χ0v) is 17.8. The number of nitrogens with zero attached hydrogens (tertiary/aromatic N) is 3. The number of rotatable bonds is 7. The van der Waals surface area contributed by atoms with E-state index in [1.165, 1.54) is 23.6 Å². The van der Waals surface area contributed by atoms with E-state index in [1.54, 1.807) is 0 Å². The third-order valence-electron chi connectivity index (χ3n) is 5.47. The van der Waals surface area contributed by atoms with Gasteiger partial charge in [-0.25, -0.2) is 4.68 Å². The highest BCUT2D eigenvalue weighted by atomic mass is 16.5. The molecular formula is C22H30N4O4. The fourth-order valence-electron chi connectivity index (χ4n) is 3.70. The van der Waals surface area contributed by atoms with Gasteiger partial charge in [0.1, 0.15) is 0 Å². The SMILES string of the molecule is COC(=O)CN1CCCC(CNC(=O)c2nn(-c3ccc(C(C)C)cc3)cc2O)C1. The second kappa shape index (κ2) is 9.75. The second-order valence-electron chi connectivity index (χ2n) is 8.08. The second-order valence-corrected chi connectivity index (χ2v) is 8.08. The molecular weight excluding hydrogens is 384 g/mol. The number of carbonyl (C=O) groups excluding carboxylic acids is 2. The van der Waals surface area contributed by atoms with E-state index in [2.05, 4.69) is 24.3 Å². The van der Waals surface area contributed by atoms with Crippen LogP contribution in [0.3, 0.4) is 0 Å². The van der Waals surface area contributed by atoms with E-state index in [4.69, 9.17) is 4.74 Å². The standard InChI is InChI=1S/C22H30N4O4/c1-15(2)17-6-8-18(9-7-17)26-13-19(27)21(24-26)22(29)23-11-16-5-4-10-25(12-16)14-20(28)30-3/h6-9,13,15-16,27H,4-5,10-12,14H2,1-3H3,(H,23,29). The zero-order chi connectivity index (χ0) is 21.7. The molecule has 1 aromatic carbocycles. The quantitative estimate of drug-likeness (QED) is 0.675. The minimum atomic E-state index is -0.407. The molecule has 8 nitrogen and oxygen atoms in total. The summed E-state index contributed by atoms with van der Waals surface area (Å²) >= 11 is 0. The van der Waals surface area contributed by atoms with Gasteiger partial charge in [-0.1, -0.05) is 26.0 Å². The lowest BCUT2D eigenvalue weighted by Gasteiger charge is -2.31. The highest BCUT2D eigenvalue weighted by molar-refractivity contribution is 5.94. The number of methoxy groups -OCH3 is 1. The molecule has 1 aliphatic heterocycles. The van der Waals surface area contributed by atoms with Crippen LogP contribution in [0.1, 0.15) is 48.7 Å². The maximum Gasteiger partial charge on any atom is 0.319 e. The lowest BCUT2D eigenvalue weighted by atomic mass is 9.98. The summed E-state index contributed by atoms with van der Waals surface area (Å²) in [4.78, 5) is 26.1. The van der Waals surface area contributed by atoms with E-state index in [0.29, 0.717) is 12.5 Å². The summed E-state index contributed by atoms with van der Waals surface area (Å²) in [7, 11) is 1.38. The predicted octanol–water partition coefficient (Wildman–Crippen LogP) is 2.32. The van der Waals surface area contributed by atoms with Crippen molar-refractivity contribution in [3.8, 4) is 11.4 Å². The molecule has 3 rings (SSSR count). The Balaban J connectivity index is 1.59. The molecule has 1 aliphatic rings. The number of carbonyl (C=O) groups is 2. The van der Waals surface area contributed by atoms with Crippen molar-refractivity contribution in [1.29, 1.82) is 0 Å². The first-order valence-corrected chi connectivity index (χ1v) is 10.3. The number of hydrogen-bond donors (Lipinski definition) is 2. The fraction of sp³-hybridized carbons (Fsp3) is 0.500. The molecule has 0 radical (unpaired) electrons. The molecule has 0 aliphatic carbocycles. The molecule has 2 aromatic rings. The summed E-state index contributed by atoms with van der Waals surface area (Å²) in [6.07, 6.45) is 3.38. The summed E-state index contributed by atoms with van der Waals surface area (Å²) in [5.41, 5.74) is 1.99. The number of hydrogen-bond acceptors (Lipinski definition) is 6. The van der Waals surface area contributed by atoms with Gasteiger partial charge in [-0.05, 0) is 48.9 Å². The van der Waals surface area contributed by atoms with Crippen LogP contribution in [0.5, 0.6) is 5.75 Å². The van der Waals surface area contributed by atoms with Crippen LogP contribution in [0.25, 0.3) is 5.69 Å². The number of amides is 1. The maximum absolute atomic E-state index is 12.6. The molecule has 0 spiro atoms. The summed E-state index contributed by atoms with van der Waals surface area (Å²) in [5, 5.41) is 17.3. The fourth-order valence-corrected chi connectivity index (χ4v) is 3.70. The molecule has 1 fully saturated rings. The van der Waals surface area contributed by atoms with Crippen LogP contribution >= 0.6 is 0 Å². The third kappa shape index (κ3) is 5.38. The van der Waals surface area contributed by atoms with Crippen LogP contribution in [0.4, 0.5) is 0 Å². The van der Waals surface area contributed by atoms with E-state index in [-0.39, 0.29) is 29.9 Å². The average molecular weight is 415 g/mol. The van der Waals surface area contributed by atoms with Crippen molar-refractivity contribution in [2.45, 2.75) is 32.6 Å². The van der Waals surface area contributed by atoms with Gasteiger partial charge in [-0.2, -0.15) is 5.10 Å². The smallest absolute Gasteiger partial charge is 0.319 e. The third-order valence-corrected chi connectivity index (χ3v) is 5.47. The molecule has 0 saturated carbocycles. The van der Waals surface area contributed by atoms with Crippen LogP contribution < -0.4 is 5.32 Å². The van der Waals surface area contributed by atoms with Crippen molar-refractivity contribution in [1.82, 2.24) is 20.0 Å². The van der Waals surface area contributed by atoms with Crippen molar-refractivity contribution >= 4 is 11.9 Å². The van der Waals surface area contributed by atoms with Gasteiger partial charge in [-0.3, -0.25) is 14.5 Å². The van der Waals surface area contributed by atoms with E-state index < -0.39 is 5.91 Å². The van der Waals surface area contributed by atoms with Gasteiger partial charge in [-0.15, -0.1) is 0 Å². The lowest BCUT2D eigenvalue weighted by molar-refractivity contribution is -0.142. The molecule has 1 atom stereocenters. The van der Waals surface area contributed by atoms with Crippen molar-refractivity contribution in [2.24, 2.45) is 5.92 Å². The summed E-state index contributed by atoms with van der Waals surface area (Å²) in [6, 6.07) is 7.87. The molecule has 8 heteroatoms. The Morgan fingerprint density at radius 2 is 2.03 bits per heavy atom. The summed E-state index contributed by atoms with van der Waals surface area (Å²) in [5.74, 6) is -0.155. The van der Waals surface area contributed by atoms with E-state index in [1.807, 2.05) is 29.2 Å². The van der Waals surface area contributed by atoms with Gasteiger partial charge in [0.05, 0.1) is 25.5 Å². The van der Waals surface area contributed by atoms with Gasteiger partial charge in [0.15, 0.2) is 11.4 Å². The normalized spacial score (nSPS) is 17.1. The molecule has 1 aromatic heterocycles. The highest BCUT2D eigenvalue weighted by Gasteiger charge is 2.24. The number of benzene rings is 1. The van der Waals surface area contributed by atoms with E-state index in [0.717, 1.165) is 31.6 Å². The van der Waals surface area contributed by atoms with Crippen molar-refractivity contribution < 1.29 is 19.4 Å². The Bertz CT molecular complexity index is 876. The number of likely N-dealkylation sites (tertiary alicyclic amines) is 1. The topological polar surface area (TPSA) is 96.7 Å². The largest absolute Gasteiger partial charge is 0.504 e. The molecule has 30 heavy (non-hydrogen) atoms. The monoisotopic (exact) mass is 414 g/mol. The molecule has 162 valence electrons. The molecule has 1 amide bonds. The van der Waals surface area contributed by atoms with Gasteiger partial charge >= 0.3 is 5.97 Å². The Kier molecular flexibility index (Phi) is 7.10. The Hall–Kier alpha value is -2.87. The molecule has 1 unspecified atom stereocenters. The van der Waals surface area contributed by atoms with Crippen LogP contribution in [-0.4, -0.2) is 65.0 Å². The first kappa shape index (κ1) is 21.8. The van der Waals surface area contributed by atoms with E-state index >= 15 is 0 Å². The Morgan fingerprint density at radius 3 is 2.70 bits per heavy atom. The van der Waals surface area contributed by atoms with E-state index in [9.17, 15) is 14.7 Å². The molecule has 1 saturated heterocycles. The zero-order valence-electron chi connectivity index (χ0n) is 17.8. The number of nitrogens with one attached hydrogen (secondary N) is 1. The van der Waals surface area contributed by atoms with Gasteiger partial charge in [0.2, 0.25) is 0 Å². The van der Waals surface area contributed by atoms with Crippen LogP contribution in [0, 0.1) is 5.92 Å². The van der Waals surface area contributed by atoms with Crippen molar-refractivity contribution in [3.63, 3.8) is 0 Å². The van der Waals surface area contributed by atoms with Gasteiger partial charge in [0.25, 0.3) is 5.91 Å². The molecule has 0 bridgehead atoms. The molecule has 2 N–H and O–H groups in total. The van der Waals surface area contributed by atoms with Crippen LogP contribution in [0.15, 0.2) is 30.5 Å². The predicted molar refractivity (Wildman–Crippen MR) is 113 cm³/mol. The van der Waals surface area contributed by atoms with Gasteiger partial charge < -0.3 is 15.2 Å². The minimum absolute atomic E-state index is 0.00478. The van der Waals surface area contributed by atoms with Gasteiger partial charge in [0, 0.05) is 13.1 Å². The lowest BCUT2D eigenvalue weighted by Crippen LogP contribution is -2.43. The molecule has 2 heterocycles. The summed E-state index contributed by atoms with van der Waals surface area (Å²) < 4.78 is 6.23. The average Bonchev–Trinajstić information content (AvgIpc) is 3.14. The first-order chi connectivity index (χ1) is 14.4. The van der Waals surface area contributed by atoms with Crippen LogP contribution in [0.2, 0.25) is 0 Å². The number of esters is 1. The number of aromatic hydroxyl groups is 1. The summed E-state index contributed by atoms with van der Waals surface area (Å²) in [6.45, 7) is 6.54. The van der Waals surface area contributed by atoms with Crippen LogP contribution in [-0.2, 0) is 9.53 Å². The maximum atomic E-state index is 12.6. The van der Waals surface area contributed by atoms with Crippen molar-refractivity contribution in [3.05, 3.63) is 41.7 Å². The highest BCUT2D eigenvalue weighted by Crippen LogP contribution is 2.21. The Morgan fingerprint density at radius 1 is 1.30 bits per heavy atom. The minimum Gasteiger partial charge on any atom is -0.504 e. The number of ether oxygens (including phenoxy) is 1. The number of aromatic nitrogens is 2. The van der Waals surface area contributed by atoms with Crippen molar-refractivity contribution in [2.75, 3.05) is 33.3 Å².